The quantitative estimate of drug-likeness (QED) is 0.757. The lowest BCUT2D eigenvalue weighted by Gasteiger charge is -2.19. The van der Waals surface area contributed by atoms with Crippen LogP contribution in [0.5, 0.6) is 0 Å². The van der Waals surface area contributed by atoms with E-state index in [-0.39, 0.29) is 11.9 Å². The first kappa shape index (κ1) is 13.0. The molecule has 3 nitrogen and oxygen atoms in total. The predicted octanol–water partition coefficient (Wildman–Crippen LogP) is 2.16. The molecule has 0 amide bonds. The van der Waals surface area contributed by atoms with Crippen molar-refractivity contribution in [1.29, 1.82) is 0 Å². The molecule has 0 bridgehead atoms. The lowest BCUT2D eigenvalue weighted by Crippen LogP contribution is -2.27. The van der Waals surface area contributed by atoms with E-state index in [9.17, 15) is 4.79 Å². The summed E-state index contributed by atoms with van der Waals surface area (Å²) in [5.41, 5.74) is 0.921. The van der Waals surface area contributed by atoms with E-state index < -0.39 is 0 Å². The molecule has 1 unspecified atom stereocenters. The van der Waals surface area contributed by atoms with Gasteiger partial charge in [-0.05, 0) is 31.8 Å². The maximum absolute atomic E-state index is 11.7. The van der Waals surface area contributed by atoms with Crippen molar-refractivity contribution in [1.82, 2.24) is 4.90 Å². The summed E-state index contributed by atoms with van der Waals surface area (Å²) in [5, 5.41) is 0.664. The number of hydrogen-bond donors (Lipinski definition) is 0. The first-order valence-electron chi connectivity index (χ1n) is 5.02. The van der Waals surface area contributed by atoms with E-state index in [0.29, 0.717) is 11.6 Å². The highest BCUT2D eigenvalue weighted by molar-refractivity contribution is 6.30. The number of benzene rings is 1. The molecule has 0 fully saturated rings. The predicted molar refractivity (Wildman–Crippen MR) is 64.8 cm³/mol. The van der Waals surface area contributed by atoms with Gasteiger partial charge in [0.1, 0.15) is 0 Å². The molecular weight excluding hydrogens is 226 g/mol. The highest BCUT2D eigenvalue weighted by Crippen LogP contribution is 2.20. The third kappa shape index (κ3) is 3.51. The van der Waals surface area contributed by atoms with Gasteiger partial charge in [0, 0.05) is 11.6 Å². The second-order valence-electron chi connectivity index (χ2n) is 3.89. The molecule has 0 aliphatic carbocycles. The Labute approximate surface area is 101 Å². The van der Waals surface area contributed by atoms with Crippen molar-refractivity contribution in [2.75, 3.05) is 27.7 Å². The number of rotatable bonds is 4. The lowest BCUT2D eigenvalue weighted by atomic mass is 9.99. The van der Waals surface area contributed by atoms with E-state index in [1.54, 1.807) is 12.1 Å². The number of ether oxygens (including phenoxy) is 1. The van der Waals surface area contributed by atoms with Crippen molar-refractivity contribution >= 4 is 17.6 Å². The third-order valence-electron chi connectivity index (χ3n) is 2.31. The van der Waals surface area contributed by atoms with Crippen molar-refractivity contribution in [3.8, 4) is 0 Å². The van der Waals surface area contributed by atoms with E-state index in [4.69, 9.17) is 16.3 Å². The second kappa shape index (κ2) is 5.87. The normalized spacial score (nSPS) is 12.6. The van der Waals surface area contributed by atoms with Crippen LogP contribution in [0.15, 0.2) is 24.3 Å². The van der Waals surface area contributed by atoms with E-state index in [2.05, 4.69) is 0 Å². The Morgan fingerprint density at radius 3 is 2.38 bits per heavy atom. The van der Waals surface area contributed by atoms with Crippen molar-refractivity contribution in [3.05, 3.63) is 34.9 Å². The van der Waals surface area contributed by atoms with Crippen LogP contribution in [0.1, 0.15) is 11.5 Å². The molecule has 0 N–H and O–H groups in total. The van der Waals surface area contributed by atoms with E-state index in [1.165, 1.54) is 7.11 Å². The highest BCUT2D eigenvalue weighted by Gasteiger charge is 2.21. The van der Waals surface area contributed by atoms with Crippen LogP contribution in [0.25, 0.3) is 0 Å². The Morgan fingerprint density at radius 2 is 1.94 bits per heavy atom. The molecule has 0 aliphatic heterocycles. The summed E-state index contributed by atoms with van der Waals surface area (Å²) < 4.78 is 4.80. The SMILES string of the molecule is COC(=O)C(CN(C)C)c1ccc(Cl)cc1. The number of esters is 1. The molecular formula is C12H16ClNO2. The van der Waals surface area contributed by atoms with Gasteiger partial charge < -0.3 is 9.64 Å². The van der Waals surface area contributed by atoms with Gasteiger partial charge in [-0.1, -0.05) is 23.7 Å². The average molecular weight is 242 g/mol. The molecule has 0 aromatic heterocycles. The van der Waals surface area contributed by atoms with Crippen molar-refractivity contribution < 1.29 is 9.53 Å². The van der Waals surface area contributed by atoms with Crippen LogP contribution in [0.4, 0.5) is 0 Å². The zero-order valence-corrected chi connectivity index (χ0v) is 10.5. The number of hydrogen-bond acceptors (Lipinski definition) is 3. The van der Waals surface area contributed by atoms with E-state index >= 15 is 0 Å². The molecule has 0 heterocycles. The zero-order valence-electron chi connectivity index (χ0n) is 9.74. The maximum atomic E-state index is 11.7. The van der Waals surface area contributed by atoms with Gasteiger partial charge in [0.2, 0.25) is 0 Å². The Hall–Kier alpha value is -1.06. The summed E-state index contributed by atoms with van der Waals surface area (Å²) in [6, 6.07) is 7.27. The Bertz CT molecular complexity index is 349. The molecule has 0 spiro atoms. The molecule has 0 saturated carbocycles. The fourth-order valence-electron chi connectivity index (χ4n) is 1.52. The van der Waals surface area contributed by atoms with E-state index in [0.717, 1.165) is 5.56 Å². The molecule has 88 valence electrons. The molecule has 0 saturated heterocycles. The molecule has 1 rings (SSSR count). The highest BCUT2D eigenvalue weighted by atomic mass is 35.5. The molecule has 16 heavy (non-hydrogen) atoms. The first-order valence-corrected chi connectivity index (χ1v) is 5.40. The number of likely N-dealkylation sites (N-methyl/N-ethyl adjacent to an activating group) is 1. The zero-order chi connectivity index (χ0) is 12.1. The average Bonchev–Trinajstić information content (AvgIpc) is 2.26. The largest absolute Gasteiger partial charge is 0.469 e. The first-order chi connectivity index (χ1) is 7.54. The number of carbonyl (C=O) groups excluding carboxylic acids is 1. The fraction of sp³-hybridized carbons (Fsp3) is 0.417. The summed E-state index contributed by atoms with van der Waals surface area (Å²) >= 11 is 5.81. The van der Waals surface area contributed by atoms with Crippen molar-refractivity contribution in [3.63, 3.8) is 0 Å². The van der Waals surface area contributed by atoms with Gasteiger partial charge in [0.25, 0.3) is 0 Å². The van der Waals surface area contributed by atoms with Gasteiger partial charge in [0.15, 0.2) is 0 Å². The summed E-state index contributed by atoms with van der Waals surface area (Å²) in [6.07, 6.45) is 0. The number of methoxy groups -OCH3 is 1. The van der Waals surface area contributed by atoms with Crippen LogP contribution >= 0.6 is 11.6 Å². The van der Waals surface area contributed by atoms with Crippen LogP contribution in [0.3, 0.4) is 0 Å². The monoisotopic (exact) mass is 241 g/mol. The number of carbonyl (C=O) groups is 1. The van der Waals surface area contributed by atoms with Gasteiger partial charge in [-0.25, -0.2) is 0 Å². The van der Waals surface area contributed by atoms with Crippen molar-refractivity contribution in [2.24, 2.45) is 0 Å². The summed E-state index contributed by atoms with van der Waals surface area (Å²) in [7, 11) is 5.25. The lowest BCUT2D eigenvalue weighted by molar-refractivity contribution is -0.142. The van der Waals surface area contributed by atoms with Crippen LogP contribution < -0.4 is 0 Å². The molecule has 0 radical (unpaired) electrons. The third-order valence-corrected chi connectivity index (χ3v) is 2.56. The minimum absolute atomic E-state index is 0.226. The summed E-state index contributed by atoms with van der Waals surface area (Å²) in [4.78, 5) is 13.6. The smallest absolute Gasteiger partial charge is 0.314 e. The van der Waals surface area contributed by atoms with Crippen LogP contribution in [0, 0.1) is 0 Å². The van der Waals surface area contributed by atoms with Crippen LogP contribution in [-0.4, -0.2) is 38.6 Å². The summed E-state index contributed by atoms with van der Waals surface area (Å²) in [5.74, 6) is -0.492. The minimum atomic E-state index is -0.266. The number of halogens is 1. The van der Waals surface area contributed by atoms with Gasteiger partial charge in [-0.3, -0.25) is 4.79 Å². The topological polar surface area (TPSA) is 29.5 Å². The Morgan fingerprint density at radius 1 is 1.38 bits per heavy atom. The second-order valence-corrected chi connectivity index (χ2v) is 4.33. The van der Waals surface area contributed by atoms with Gasteiger partial charge in [0.05, 0.1) is 13.0 Å². The minimum Gasteiger partial charge on any atom is -0.469 e. The van der Waals surface area contributed by atoms with Crippen molar-refractivity contribution in [2.45, 2.75) is 5.92 Å². The van der Waals surface area contributed by atoms with Crippen LogP contribution in [0.2, 0.25) is 5.02 Å². The maximum Gasteiger partial charge on any atom is 0.314 e. The molecule has 1 atom stereocenters. The molecule has 1 aromatic rings. The fourth-order valence-corrected chi connectivity index (χ4v) is 1.64. The Balaban J connectivity index is 2.91. The Kier molecular flexibility index (Phi) is 4.77. The van der Waals surface area contributed by atoms with Gasteiger partial charge in [-0.15, -0.1) is 0 Å². The summed E-state index contributed by atoms with van der Waals surface area (Å²) in [6.45, 7) is 0.619. The van der Waals surface area contributed by atoms with Gasteiger partial charge >= 0.3 is 5.97 Å². The molecule has 4 heteroatoms. The van der Waals surface area contributed by atoms with E-state index in [1.807, 2.05) is 31.1 Å². The molecule has 1 aromatic carbocycles. The number of nitrogens with zero attached hydrogens (tertiary/aromatic N) is 1. The molecule has 0 aliphatic rings. The van der Waals surface area contributed by atoms with Gasteiger partial charge in [-0.2, -0.15) is 0 Å². The van der Waals surface area contributed by atoms with Crippen LogP contribution in [-0.2, 0) is 9.53 Å². The standard InChI is InChI=1S/C12H16ClNO2/c1-14(2)8-11(12(15)16-3)9-4-6-10(13)7-5-9/h4-7,11H,8H2,1-3H3.